The average molecular weight is 227 g/mol. The first-order valence-corrected chi connectivity index (χ1v) is 5.81. The van der Waals surface area contributed by atoms with Crippen molar-refractivity contribution in [2.24, 2.45) is 0 Å². The summed E-state index contributed by atoms with van der Waals surface area (Å²) in [5.41, 5.74) is 2.20. The van der Waals surface area contributed by atoms with Crippen molar-refractivity contribution in [3.05, 3.63) is 60.9 Å². The molecule has 3 heteroatoms. The lowest BCUT2D eigenvalue weighted by Gasteiger charge is -2.10. The standard InChI is InChI=1S/C14H17N3/c1-3-14(15-4-2)12-10-16-17(11-12)13-8-6-5-7-9-13/h3,5-11,14-15H,1,4H2,2H3. The lowest BCUT2D eigenvalue weighted by Crippen LogP contribution is -2.18. The van der Waals surface area contributed by atoms with Crippen molar-refractivity contribution in [2.75, 3.05) is 6.54 Å². The Hall–Kier alpha value is -1.87. The third kappa shape index (κ3) is 2.63. The minimum atomic E-state index is 0.164. The van der Waals surface area contributed by atoms with Gasteiger partial charge in [-0.2, -0.15) is 5.10 Å². The molecule has 0 aliphatic rings. The first-order valence-electron chi connectivity index (χ1n) is 5.81. The molecule has 1 unspecified atom stereocenters. The molecular formula is C14H17N3. The maximum atomic E-state index is 4.37. The molecule has 0 saturated heterocycles. The molecule has 1 N–H and O–H groups in total. The fourth-order valence-electron chi connectivity index (χ4n) is 1.78. The number of rotatable bonds is 5. The van der Waals surface area contributed by atoms with Crippen LogP contribution in [0.15, 0.2) is 55.4 Å². The fourth-order valence-corrected chi connectivity index (χ4v) is 1.78. The first-order chi connectivity index (χ1) is 8.35. The number of hydrogen-bond donors (Lipinski definition) is 1. The van der Waals surface area contributed by atoms with Gasteiger partial charge in [0, 0.05) is 11.8 Å². The van der Waals surface area contributed by atoms with Crippen LogP contribution in [0, 0.1) is 0 Å². The maximum Gasteiger partial charge on any atom is 0.0645 e. The van der Waals surface area contributed by atoms with E-state index in [1.54, 1.807) is 0 Å². The van der Waals surface area contributed by atoms with E-state index in [2.05, 4.69) is 23.9 Å². The predicted octanol–water partition coefficient (Wildman–Crippen LogP) is 2.71. The highest BCUT2D eigenvalue weighted by Crippen LogP contribution is 2.15. The Labute approximate surface area is 102 Å². The summed E-state index contributed by atoms with van der Waals surface area (Å²) in [6, 6.07) is 10.2. The van der Waals surface area contributed by atoms with Crippen molar-refractivity contribution in [2.45, 2.75) is 13.0 Å². The number of nitrogens with zero attached hydrogens (tertiary/aromatic N) is 2. The average Bonchev–Trinajstić information content (AvgIpc) is 2.86. The second-order valence-corrected chi connectivity index (χ2v) is 3.82. The Morgan fingerprint density at radius 2 is 2.18 bits per heavy atom. The molecule has 17 heavy (non-hydrogen) atoms. The van der Waals surface area contributed by atoms with Crippen LogP contribution < -0.4 is 5.32 Å². The molecule has 2 aromatic rings. The molecule has 0 fully saturated rings. The van der Waals surface area contributed by atoms with E-state index in [1.165, 1.54) is 0 Å². The number of aromatic nitrogens is 2. The van der Waals surface area contributed by atoms with Crippen LogP contribution in [0.1, 0.15) is 18.5 Å². The van der Waals surface area contributed by atoms with E-state index in [1.807, 2.05) is 53.5 Å². The molecule has 2 rings (SSSR count). The molecule has 1 aromatic carbocycles. The number of benzene rings is 1. The lowest BCUT2D eigenvalue weighted by atomic mass is 10.1. The molecule has 1 heterocycles. The van der Waals surface area contributed by atoms with Crippen LogP contribution in [0.25, 0.3) is 5.69 Å². The van der Waals surface area contributed by atoms with E-state index in [-0.39, 0.29) is 6.04 Å². The van der Waals surface area contributed by atoms with Crippen molar-refractivity contribution in [3.63, 3.8) is 0 Å². The second kappa shape index (κ2) is 5.46. The van der Waals surface area contributed by atoms with E-state index in [4.69, 9.17) is 0 Å². The van der Waals surface area contributed by atoms with Gasteiger partial charge in [-0.25, -0.2) is 4.68 Å². The summed E-state index contributed by atoms with van der Waals surface area (Å²) in [5.74, 6) is 0. The van der Waals surface area contributed by atoms with Gasteiger partial charge >= 0.3 is 0 Å². The summed E-state index contributed by atoms with van der Waals surface area (Å²) in [6.45, 7) is 6.83. The van der Waals surface area contributed by atoms with E-state index in [0.717, 1.165) is 17.8 Å². The van der Waals surface area contributed by atoms with Gasteiger partial charge in [0.05, 0.1) is 17.9 Å². The quantitative estimate of drug-likeness (QED) is 0.796. The Morgan fingerprint density at radius 3 is 2.82 bits per heavy atom. The first kappa shape index (κ1) is 11.6. The van der Waals surface area contributed by atoms with Crippen LogP contribution >= 0.6 is 0 Å². The Bertz CT molecular complexity index is 473. The van der Waals surface area contributed by atoms with Crippen LogP contribution in [0.4, 0.5) is 0 Å². The van der Waals surface area contributed by atoms with E-state index in [9.17, 15) is 0 Å². The predicted molar refractivity (Wildman–Crippen MR) is 70.2 cm³/mol. The Morgan fingerprint density at radius 1 is 1.41 bits per heavy atom. The smallest absolute Gasteiger partial charge is 0.0645 e. The maximum absolute atomic E-state index is 4.37. The van der Waals surface area contributed by atoms with Gasteiger partial charge < -0.3 is 5.32 Å². The number of para-hydroxylation sites is 1. The molecule has 0 amide bonds. The highest BCUT2D eigenvalue weighted by Gasteiger charge is 2.08. The molecule has 0 aliphatic heterocycles. The summed E-state index contributed by atoms with van der Waals surface area (Å²) in [7, 11) is 0. The zero-order chi connectivity index (χ0) is 12.1. The van der Waals surface area contributed by atoms with Gasteiger partial charge in [0.1, 0.15) is 0 Å². The van der Waals surface area contributed by atoms with Gasteiger partial charge in [-0.05, 0) is 18.7 Å². The number of hydrogen-bond acceptors (Lipinski definition) is 2. The monoisotopic (exact) mass is 227 g/mol. The molecule has 0 bridgehead atoms. The van der Waals surface area contributed by atoms with Gasteiger partial charge in [-0.1, -0.05) is 31.2 Å². The molecule has 3 nitrogen and oxygen atoms in total. The van der Waals surface area contributed by atoms with Gasteiger partial charge in [0.15, 0.2) is 0 Å². The summed E-state index contributed by atoms with van der Waals surface area (Å²) in [5, 5.41) is 7.71. The summed E-state index contributed by atoms with van der Waals surface area (Å²) >= 11 is 0. The van der Waals surface area contributed by atoms with Crippen LogP contribution in [-0.4, -0.2) is 16.3 Å². The topological polar surface area (TPSA) is 29.9 Å². The number of likely N-dealkylation sites (N-methyl/N-ethyl adjacent to an activating group) is 1. The Kier molecular flexibility index (Phi) is 3.73. The van der Waals surface area contributed by atoms with Crippen LogP contribution in [-0.2, 0) is 0 Å². The lowest BCUT2D eigenvalue weighted by molar-refractivity contribution is 0.649. The molecule has 1 atom stereocenters. The van der Waals surface area contributed by atoms with Gasteiger partial charge in [0.25, 0.3) is 0 Å². The van der Waals surface area contributed by atoms with Gasteiger partial charge in [0.2, 0.25) is 0 Å². The van der Waals surface area contributed by atoms with E-state index >= 15 is 0 Å². The van der Waals surface area contributed by atoms with Crippen molar-refractivity contribution in [1.82, 2.24) is 15.1 Å². The van der Waals surface area contributed by atoms with Crippen LogP contribution in [0.3, 0.4) is 0 Å². The molecule has 0 spiro atoms. The second-order valence-electron chi connectivity index (χ2n) is 3.82. The molecule has 0 radical (unpaired) electrons. The van der Waals surface area contributed by atoms with Crippen molar-refractivity contribution in [1.29, 1.82) is 0 Å². The highest BCUT2D eigenvalue weighted by atomic mass is 15.3. The van der Waals surface area contributed by atoms with Gasteiger partial charge in [-0.15, -0.1) is 6.58 Å². The zero-order valence-corrected chi connectivity index (χ0v) is 10.0. The zero-order valence-electron chi connectivity index (χ0n) is 10.0. The summed E-state index contributed by atoms with van der Waals surface area (Å²) in [4.78, 5) is 0. The molecule has 1 aromatic heterocycles. The third-order valence-electron chi connectivity index (χ3n) is 2.64. The number of nitrogens with one attached hydrogen (secondary N) is 1. The van der Waals surface area contributed by atoms with Crippen molar-refractivity contribution < 1.29 is 0 Å². The van der Waals surface area contributed by atoms with E-state index in [0.29, 0.717) is 0 Å². The van der Waals surface area contributed by atoms with Crippen molar-refractivity contribution in [3.8, 4) is 5.69 Å². The molecular weight excluding hydrogens is 210 g/mol. The largest absolute Gasteiger partial charge is 0.307 e. The van der Waals surface area contributed by atoms with Crippen LogP contribution in [0.5, 0.6) is 0 Å². The van der Waals surface area contributed by atoms with E-state index < -0.39 is 0 Å². The van der Waals surface area contributed by atoms with Crippen LogP contribution in [0.2, 0.25) is 0 Å². The fraction of sp³-hybridized carbons (Fsp3) is 0.214. The summed E-state index contributed by atoms with van der Waals surface area (Å²) in [6.07, 6.45) is 5.81. The minimum absolute atomic E-state index is 0.164. The third-order valence-corrected chi connectivity index (χ3v) is 2.64. The molecule has 0 saturated carbocycles. The molecule has 0 aliphatic carbocycles. The Balaban J connectivity index is 2.24. The molecule has 88 valence electrons. The van der Waals surface area contributed by atoms with Gasteiger partial charge in [-0.3, -0.25) is 0 Å². The normalized spacial score (nSPS) is 12.3. The minimum Gasteiger partial charge on any atom is -0.307 e. The SMILES string of the molecule is C=CC(NCC)c1cnn(-c2ccccc2)c1. The van der Waals surface area contributed by atoms with Crippen molar-refractivity contribution >= 4 is 0 Å². The highest BCUT2D eigenvalue weighted by molar-refractivity contribution is 5.31. The summed E-state index contributed by atoms with van der Waals surface area (Å²) < 4.78 is 1.88.